The minimum Gasteiger partial charge on any atom is -0.313 e. The van der Waals surface area contributed by atoms with Gasteiger partial charge in [0.25, 0.3) is 0 Å². The van der Waals surface area contributed by atoms with E-state index in [4.69, 9.17) is 0 Å². The second-order valence-corrected chi connectivity index (χ2v) is 5.31. The van der Waals surface area contributed by atoms with E-state index in [-0.39, 0.29) is 30.7 Å². The first-order valence-corrected chi connectivity index (χ1v) is 6.85. The maximum absolute atomic E-state index is 11.8. The molecular formula is C13H25Cl2N5O. The highest BCUT2D eigenvalue weighted by molar-refractivity contribution is 5.90. The minimum absolute atomic E-state index is 0. The molecule has 0 radical (unpaired) electrons. The monoisotopic (exact) mass is 337 g/mol. The molecule has 122 valence electrons. The van der Waals surface area contributed by atoms with Crippen molar-refractivity contribution in [1.29, 1.82) is 0 Å². The third kappa shape index (κ3) is 7.13. The van der Waals surface area contributed by atoms with Crippen LogP contribution >= 0.6 is 24.8 Å². The maximum Gasteiger partial charge on any atom is 0.227 e. The fourth-order valence-electron chi connectivity index (χ4n) is 2.20. The van der Waals surface area contributed by atoms with Crippen molar-refractivity contribution in [3.8, 4) is 0 Å². The number of aromatic nitrogens is 2. The Morgan fingerprint density at radius 2 is 2.29 bits per heavy atom. The maximum atomic E-state index is 11.8. The van der Waals surface area contributed by atoms with Gasteiger partial charge in [0.1, 0.15) is 0 Å². The van der Waals surface area contributed by atoms with Crippen LogP contribution in [0, 0.1) is 0 Å². The van der Waals surface area contributed by atoms with Crippen LogP contribution in [0.5, 0.6) is 0 Å². The molecule has 2 rings (SSSR count). The molecule has 0 aliphatic carbocycles. The molecule has 21 heavy (non-hydrogen) atoms. The lowest BCUT2D eigenvalue weighted by Gasteiger charge is -2.09. The fraction of sp³-hybridized carbons (Fsp3) is 0.692. The smallest absolute Gasteiger partial charge is 0.227 e. The van der Waals surface area contributed by atoms with Gasteiger partial charge in [-0.1, -0.05) is 0 Å². The molecule has 0 aromatic carbocycles. The summed E-state index contributed by atoms with van der Waals surface area (Å²) in [7, 11) is 4.06. The van der Waals surface area contributed by atoms with Crippen LogP contribution < -0.4 is 10.6 Å². The van der Waals surface area contributed by atoms with Crippen LogP contribution in [0.4, 0.5) is 5.82 Å². The first-order valence-electron chi connectivity index (χ1n) is 6.85. The summed E-state index contributed by atoms with van der Waals surface area (Å²) < 4.78 is 1.85. The minimum atomic E-state index is 0. The van der Waals surface area contributed by atoms with Crippen LogP contribution in [-0.4, -0.2) is 53.8 Å². The van der Waals surface area contributed by atoms with E-state index in [1.54, 1.807) is 0 Å². The average Bonchev–Trinajstić information content (AvgIpc) is 2.98. The van der Waals surface area contributed by atoms with Crippen LogP contribution in [0.3, 0.4) is 0 Å². The summed E-state index contributed by atoms with van der Waals surface area (Å²) >= 11 is 0. The first kappa shape index (κ1) is 20.2. The van der Waals surface area contributed by atoms with Crippen molar-refractivity contribution >= 4 is 36.5 Å². The summed E-state index contributed by atoms with van der Waals surface area (Å²) in [6.45, 7) is 2.78. The third-order valence-electron chi connectivity index (χ3n) is 3.28. The number of carbonyl (C=O) groups is 1. The van der Waals surface area contributed by atoms with Gasteiger partial charge < -0.3 is 15.5 Å². The number of nitrogens with one attached hydrogen (secondary N) is 2. The van der Waals surface area contributed by atoms with Gasteiger partial charge in [-0.05, 0) is 33.5 Å². The number of amides is 1. The van der Waals surface area contributed by atoms with Crippen molar-refractivity contribution in [3.05, 3.63) is 12.3 Å². The highest BCUT2D eigenvalue weighted by Crippen LogP contribution is 2.10. The number of carbonyl (C=O) groups excluding carboxylic acids is 1. The molecule has 1 amide bonds. The van der Waals surface area contributed by atoms with Gasteiger partial charge in [-0.15, -0.1) is 24.8 Å². The molecule has 1 atom stereocenters. The van der Waals surface area contributed by atoms with Crippen molar-refractivity contribution in [2.75, 3.05) is 32.5 Å². The largest absolute Gasteiger partial charge is 0.313 e. The molecule has 1 saturated heterocycles. The normalized spacial score (nSPS) is 17.2. The molecule has 6 nitrogen and oxygen atoms in total. The van der Waals surface area contributed by atoms with Gasteiger partial charge in [0, 0.05) is 31.3 Å². The molecule has 0 saturated carbocycles. The molecule has 2 heterocycles. The number of anilines is 1. The Labute approximate surface area is 138 Å². The number of rotatable bonds is 6. The number of halogens is 2. The second-order valence-electron chi connectivity index (χ2n) is 5.31. The van der Waals surface area contributed by atoms with Gasteiger partial charge in [-0.3, -0.25) is 9.48 Å². The van der Waals surface area contributed by atoms with Crippen molar-refractivity contribution in [2.24, 2.45) is 0 Å². The molecule has 0 bridgehead atoms. The topological polar surface area (TPSA) is 62.2 Å². The number of hydrogen-bond acceptors (Lipinski definition) is 4. The fourth-order valence-corrected chi connectivity index (χ4v) is 2.20. The summed E-state index contributed by atoms with van der Waals surface area (Å²) in [5.41, 5.74) is 0. The lowest BCUT2D eigenvalue weighted by Crippen LogP contribution is -2.27. The number of nitrogens with zero attached hydrogens (tertiary/aromatic N) is 3. The van der Waals surface area contributed by atoms with Crippen LogP contribution in [0.25, 0.3) is 0 Å². The highest BCUT2D eigenvalue weighted by Gasteiger charge is 2.17. The van der Waals surface area contributed by atoms with E-state index in [2.05, 4.69) is 20.6 Å². The molecule has 0 spiro atoms. The predicted molar refractivity (Wildman–Crippen MR) is 89.5 cm³/mol. The van der Waals surface area contributed by atoms with E-state index in [1.807, 2.05) is 31.0 Å². The Balaban J connectivity index is 0.00000200. The van der Waals surface area contributed by atoms with E-state index in [0.717, 1.165) is 32.5 Å². The molecule has 1 unspecified atom stereocenters. The average molecular weight is 338 g/mol. The van der Waals surface area contributed by atoms with Crippen LogP contribution in [0.1, 0.15) is 19.3 Å². The molecule has 1 aromatic heterocycles. The van der Waals surface area contributed by atoms with Crippen molar-refractivity contribution in [1.82, 2.24) is 20.0 Å². The molecule has 1 aliphatic heterocycles. The Bertz CT molecular complexity index is 418. The van der Waals surface area contributed by atoms with Crippen molar-refractivity contribution in [3.63, 3.8) is 0 Å². The van der Waals surface area contributed by atoms with E-state index in [1.165, 1.54) is 0 Å². The van der Waals surface area contributed by atoms with Gasteiger partial charge in [0.2, 0.25) is 5.91 Å². The first-order chi connectivity index (χ1) is 9.13. The Kier molecular flexibility index (Phi) is 9.61. The molecule has 1 aromatic rings. The van der Waals surface area contributed by atoms with Crippen LogP contribution in [0.15, 0.2) is 12.3 Å². The lowest BCUT2D eigenvalue weighted by molar-refractivity contribution is -0.116. The number of hydrogen-bond donors (Lipinski definition) is 2. The molecule has 2 N–H and O–H groups in total. The summed E-state index contributed by atoms with van der Waals surface area (Å²) in [5.74, 6) is 0.680. The standard InChI is InChI=1S/C13H23N5O.2ClH/c1-17(2)8-9-18-7-5-12(16-18)15-13(19)10-11-4-3-6-14-11;;/h5,7,11,14H,3-4,6,8-10H2,1-2H3,(H,15,16,19);2*1H. The Hall–Kier alpha value is -0.820. The van der Waals surface area contributed by atoms with Crippen LogP contribution in [-0.2, 0) is 11.3 Å². The Morgan fingerprint density at radius 1 is 1.52 bits per heavy atom. The summed E-state index contributed by atoms with van der Waals surface area (Å²) in [6, 6.07) is 2.17. The van der Waals surface area contributed by atoms with E-state index >= 15 is 0 Å². The van der Waals surface area contributed by atoms with E-state index in [0.29, 0.717) is 18.3 Å². The van der Waals surface area contributed by atoms with Gasteiger partial charge in [-0.2, -0.15) is 5.10 Å². The highest BCUT2D eigenvalue weighted by atomic mass is 35.5. The summed E-state index contributed by atoms with van der Waals surface area (Å²) in [6.07, 6.45) is 4.68. The SMILES string of the molecule is CN(C)CCn1ccc(NC(=O)CC2CCCN2)n1.Cl.Cl. The van der Waals surface area contributed by atoms with Gasteiger partial charge in [0.05, 0.1) is 6.54 Å². The third-order valence-corrected chi connectivity index (χ3v) is 3.28. The Morgan fingerprint density at radius 3 is 2.90 bits per heavy atom. The van der Waals surface area contributed by atoms with Gasteiger partial charge in [0.15, 0.2) is 5.82 Å². The number of likely N-dealkylation sites (N-methyl/N-ethyl adjacent to an activating group) is 1. The zero-order chi connectivity index (χ0) is 13.7. The van der Waals surface area contributed by atoms with E-state index < -0.39 is 0 Å². The van der Waals surface area contributed by atoms with Crippen LogP contribution in [0.2, 0.25) is 0 Å². The predicted octanol–water partition coefficient (Wildman–Crippen LogP) is 1.37. The van der Waals surface area contributed by atoms with Crippen molar-refractivity contribution < 1.29 is 4.79 Å². The molecule has 8 heteroatoms. The second kappa shape index (κ2) is 10.00. The summed E-state index contributed by atoms with van der Waals surface area (Å²) in [4.78, 5) is 13.9. The van der Waals surface area contributed by atoms with Crippen molar-refractivity contribution in [2.45, 2.75) is 31.8 Å². The van der Waals surface area contributed by atoms with Gasteiger partial charge in [-0.25, -0.2) is 0 Å². The van der Waals surface area contributed by atoms with E-state index in [9.17, 15) is 4.79 Å². The lowest BCUT2D eigenvalue weighted by atomic mass is 10.1. The molecular weight excluding hydrogens is 313 g/mol. The van der Waals surface area contributed by atoms with Gasteiger partial charge >= 0.3 is 0 Å². The summed E-state index contributed by atoms with van der Waals surface area (Å²) in [5, 5.41) is 10.5. The molecule has 1 aliphatic rings. The zero-order valence-electron chi connectivity index (χ0n) is 12.5. The zero-order valence-corrected chi connectivity index (χ0v) is 14.2. The molecule has 1 fully saturated rings. The quantitative estimate of drug-likeness (QED) is 0.822.